The average Bonchev–Trinajstić information content (AvgIpc) is 2.66. The van der Waals surface area contributed by atoms with Crippen molar-refractivity contribution < 1.29 is 0 Å². The Bertz CT molecular complexity index is 1100. The first kappa shape index (κ1) is 14.2. The number of nitriles is 1. The number of allylic oxidation sites excluding steroid dienone is 1. The summed E-state index contributed by atoms with van der Waals surface area (Å²) in [6.45, 7) is 0. The van der Waals surface area contributed by atoms with Gasteiger partial charge in [-0.1, -0.05) is 84.9 Å². The molecule has 0 aliphatic rings. The molecule has 0 saturated carbocycles. The molecule has 0 aromatic heterocycles. The SMILES string of the molecule is N#CC(=Cc1cccc2ccccc12)c1cccc2ccccc12. The van der Waals surface area contributed by atoms with E-state index in [2.05, 4.69) is 48.5 Å². The van der Waals surface area contributed by atoms with Crippen LogP contribution in [0, 0.1) is 11.3 Å². The molecule has 4 aromatic carbocycles. The van der Waals surface area contributed by atoms with E-state index in [1.54, 1.807) is 0 Å². The van der Waals surface area contributed by atoms with E-state index in [0.717, 1.165) is 27.3 Å². The van der Waals surface area contributed by atoms with E-state index in [1.165, 1.54) is 5.39 Å². The lowest BCUT2D eigenvalue weighted by atomic mass is 9.96. The maximum Gasteiger partial charge on any atom is 0.0998 e. The standard InChI is InChI=1S/C23H15N/c24-16-20(23-14-6-10-18-8-2-4-13-22(18)23)15-19-11-5-9-17-7-1-3-12-21(17)19/h1-15H. The Balaban J connectivity index is 1.95. The highest BCUT2D eigenvalue weighted by Crippen LogP contribution is 2.28. The maximum absolute atomic E-state index is 9.75. The van der Waals surface area contributed by atoms with Gasteiger partial charge in [-0.3, -0.25) is 0 Å². The molecular formula is C23H15N. The first-order valence-corrected chi connectivity index (χ1v) is 7.94. The highest BCUT2D eigenvalue weighted by Gasteiger charge is 2.07. The van der Waals surface area contributed by atoms with E-state index >= 15 is 0 Å². The van der Waals surface area contributed by atoms with Gasteiger partial charge in [-0.15, -0.1) is 0 Å². The fourth-order valence-electron chi connectivity index (χ4n) is 3.16. The van der Waals surface area contributed by atoms with Crippen LogP contribution in [0.1, 0.15) is 11.1 Å². The third-order valence-electron chi connectivity index (χ3n) is 4.32. The Morgan fingerprint density at radius 1 is 0.667 bits per heavy atom. The van der Waals surface area contributed by atoms with Crippen molar-refractivity contribution in [3.8, 4) is 6.07 Å². The van der Waals surface area contributed by atoms with Crippen LogP contribution in [-0.2, 0) is 0 Å². The number of hydrogen-bond acceptors (Lipinski definition) is 1. The molecule has 0 N–H and O–H groups in total. The lowest BCUT2D eigenvalue weighted by Gasteiger charge is -2.07. The molecule has 1 nitrogen and oxygen atoms in total. The third kappa shape index (κ3) is 2.45. The van der Waals surface area contributed by atoms with E-state index < -0.39 is 0 Å². The van der Waals surface area contributed by atoms with Gasteiger partial charge in [0, 0.05) is 5.56 Å². The quantitative estimate of drug-likeness (QED) is 0.326. The molecule has 1 heteroatoms. The van der Waals surface area contributed by atoms with Gasteiger partial charge in [0.1, 0.15) is 0 Å². The molecule has 0 radical (unpaired) electrons. The number of nitrogens with zero attached hydrogens (tertiary/aromatic N) is 1. The van der Waals surface area contributed by atoms with Crippen LogP contribution in [0.4, 0.5) is 0 Å². The zero-order valence-electron chi connectivity index (χ0n) is 13.1. The molecule has 0 aliphatic carbocycles. The topological polar surface area (TPSA) is 23.8 Å². The molecular weight excluding hydrogens is 290 g/mol. The summed E-state index contributed by atoms with van der Waals surface area (Å²) in [4.78, 5) is 0. The number of hydrogen-bond donors (Lipinski definition) is 0. The average molecular weight is 305 g/mol. The Labute approximate surface area is 141 Å². The van der Waals surface area contributed by atoms with Crippen LogP contribution in [0.25, 0.3) is 33.2 Å². The largest absolute Gasteiger partial charge is 0.192 e. The van der Waals surface area contributed by atoms with Gasteiger partial charge in [0.2, 0.25) is 0 Å². The summed E-state index contributed by atoms with van der Waals surface area (Å²) in [5.41, 5.74) is 2.73. The van der Waals surface area contributed by atoms with E-state index in [1.807, 2.05) is 48.5 Å². The van der Waals surface area contributed by atoms with Gasteiger partial charge >= 0.3 is 0 Å². The van der Waals surface area contributed by atoms with Crippen molar-refractivity contribution in [2.24, 2.45) is 0 Å². The second-order valence-electron chi connectivity index (χ2n) is 5.76. The highest BCUT2D eigenvalue weighted by atomic mass is 14.3. The van der Waals surface area contributed by atoms with Crippen molar-refractivity contribution in [2.45, 2.75) is 0 Å². The van der Waals surface area contributed by atoms with Crippen molar-refractivity contribution >= 4 is 33.2 Å². The molecule has 0 aliphatic heterocycles. The second-order valence-corrected chi connectivity index (χ2v) is 5.76. The summed E-state index contributed by atoms with van der Waals surface area (Å²) >= 11 is 0. The molecule has 4 rings (SSSR count). The second kappa shape index (κ2) is 6.02. The molecule has 0 bridgehead atoms. The van der Waals surface area contributed by atoms with Crippen LogP contribution in [0.2, 0.25) is 0 Å². The number of benzene rings is 4. The van der Waals surface area contributed by atoms with Crippen molar-refractivity contribution in [1.29, 1.82) is 5.26 Å². The van der Waals surface area contributed by atoms with Gasteiger partial charge in [-0.25, -0.2) is 0 Å². The van der Waals surface area contributed by atoms with Crippen molar-refractivity contribution in [1.82, 2.24) is 0 Å². The van der Waals surface area contributed by atoms with Crippen molar-refractivity contribution in [2.75, 3.05) is 0 Å². The third-order valence-corrected chi connectivity index (χ3v) is 4.32. The van der Waals surface area contributed by atoms with Crippen LogP contribution in [-0.4, -0.2) is 0 Å². The van der Waals surface area contributed by atoms with Crippen LogP contribution >= 0.6 is 0 Å². The fourth-order valence-corrected chi connectivity index (χ4v) is 3.16. The van der Waals surface area contributed by atoms with Crippen LogP contribution < -0.4 is 0 Å². The molecule has 0 unspecified atom stereocenters. The van der Waals surface area contributed by atoms with Crippen molar-refractivity contribution in [3.05, 3.63) is 96.1 Å². The van der Waals surface area contributed by atoms with Gasteiger partial charge < -0.3 is 0 Å². The van der Waals surface area contributed by atoms with Gasteiger partial charge in [0.25, 0.3) is 0 Å². The van der Waals surface area contributed by atoms with Gasteiger partial charge in [0.05, 0.1) is 11.6 Å². The number of fused-ring (bicyclic) bond motifs is 2. The molecule has 4 aromatic rings. The molecule has 112 valence electrons. The molecule has 0 heterocycles. The van der Waals surface area contributed by atoms with Gasteiger partial charge in [-0.05, 0) is 33.2 Å². The first-order valence-electron chi connectivity index (χ1n) is 7.94. The molecule has 24 heavy (non-hydrogen) atoms. The van der Waals surface area contributed by atoms with Gasteiger partial charge in [-0.2, -0.15) is 5.26 Å². The molecule has 0 atom stereocenters. The smallest absolute Gasteiger partial charge is 0.0998 e. The fraction of sp³-hybridized carbons (Fsp3) is 0. The lowest BCUT2D eigenvalue weighted by Crippen LogP contribution is -1.86. The lowest BCUT2D eigenvalue weighted by molar-refractivity contribution is 1.53. The van der Waals surface area contributed by atoms with Crippen LogP contribution in [0.5, 0.6) is 0 Å². The van der Waals surface area contributed by atoms with E-state index in [-0.39, 0.29) is 0 Å². The summed E-state index contributed by atoms with van der Waals surface area (Å²) in [5.74, 6) is 0. The summed E-state index contributed by atoms with van der Waals surface area (Å²) in [6.07, 6.45) is 1.99. The Morgan fingerprint density at radius 2 is 1.25 bits per heavy atom. The summed E-state index contributed by atoms with van der Waals surface area (Å²) in [6, 6.07) is 31.1. The highest BCUT2D eigenvalue weighted by molar-refractivity contribution is 6.04. The van der Waals surface area contributed by atoms with Crippen LogP contribution in [0.15, 0.2) is 84.9 Å². The zero-order chi connectivity index (χ0) is 16.4. The predicted molar refractivity (Wildman–Crippen MR) is 101 cm³/mol. The minimum atomic E-state index is 0.683. The van der Waals surface area contributed by atoms with E-state index in [4.69, 9.17) is 0 Å². The summed E-state index contributed by atoms with van der Waals surface area (Å²) in [5, 5.41) is 14.3. The van der Waals surface area contributed by atoms with E-state index in [9.17, 15) is 5.26 Å². The maximum atomic E-state index is 9.75. The summed E-state index contributed by atoms with van der Waals surface area (Å²) < 4.78 is 0. The monoisotopic (exact) mass is 305 g/mol. The molecule has 0 amide bonds. The molecule has 0 fully saturated rings. The number of rotatable bonds is 2. The molecule has 0 saturated heterocycles. The Hall–Kier alpha value is -3.37. The van der Waals surface area contributed by atoms with Crippen molar-refractivity contribution in [3.63, 3.8) is 0 Å². The summed E-state index contributed by atoms with van der Waals surface area (Å²) in [7, 11) is 0. The van der Waals surface area contributed by atoms with E-state index in [0.29, 0.717) is 5.57 Å². The Morgan fingerprint density at radius 3 is 2.00 bits per heavy atom. The minimum Gasteiger partial charge on any atom is -0.192 e. The predicted octanol–water partition coefficient (Wildman–Crippen LogP) is 6.06. The molecule has 0 spiro atoms. The zero-order valence-corrected chi connectivity index (χ0v) is 13.1. The minimum absolute atomic E-state index is 0.683. The van der Waals surface area contributed by atoms with Gasteiger partial charge in [0.15, 0.2) is 0 Å². The first-order chi connectivity index (χ1) is 11.9. The van der Waals surface area contributed by atoms with Crippen LogP contribution in [0.3, 0.4) is 0 Å². The normalized spacial score (nSPS) is 11.5. The Kier molecular flexibility index (Phi) is 3.57.